The van der Waals surface area contributed by atoms with Gasteiger partial charge in [-0.15, -0.1) is 0 Å². The maximum absolute atomic E-state index is 12.1. The highest BCUT2D eigenvalue weighted by molar-refractivity contribution is 5.74. The number of carboxylic acid groups (broad SMARTS) is 1. The molecule has 1 unspecified atom stereocenters. The summed E-state index contributed by atoms with van der Waals surface area (Å²) in [5.41, 5.74) is 1.97. The van der Waals surface area contributed by atoms with Gasteiger partial charge < -0.3 is 15.7 Å². The van der Waals surface area contributed by atoms with Crippen LogP contribution in [0.5, 0.6) is 0 Å². The Labute approximate surface area is 147 Å². The Kier molecular flexibility index (Phi) is 7.00. The molecule has 0 spiro atoms. The molecule has 0 fully saturated rings. The lowest BCUT2D eigenvalue weighted by molar-refractivity contribution is -0.137. The molecule has 0 bridgehead atoms. The van der Waals surface area contributed by atoms with Crippen molar-refractivity contribution in [1.29, 1.82) is 0 Å². The van der Waals surface area contributed by atoms with E-state index in [1.54, 1.807) is 4.68 Å². The third-order valence-corrected chi connectivity index (χ3v) is 3.80. The molecule has 0 radical (unpaired) electrons. The van der Waals surface area contributed by atoms with Crippen LogP contribution < -0.4 is 10.6 Å². The van der Waals surface area contributed by atoms with E-state index in [4.69, 9.17) is 5.11 Å². The van der Waals surface area contributed by atoms with Crippen molar-refractivity contribution >= 4 is 12.0 Å². The molecular formula is C18H24N4O3. The van der Waals surface area contributed by atoms with E-state index in [9.17, 15) is 9.59 Å². The van der Waals surface area contributed by atoms with Crippen molar-refractivity contribution in [2.45, 2.75) is 31.7 Å². The first-order valence-electron chi connectivity index (χ1n) is 8.31. The zero-order chi connectivity index (χ0) is 18.1. The molecule has 1 heterocycles. The van der Waals surface area contributed by atoms with Crippen molar-refractivity contribution in [2.75, 3.05) is 6.54 Å². The number of aliphatic carboxylic acids is 1. The Morgan fingerprint density at radius 2 is 2.00 bits per heavy atom. The van der Waals surface area contributed by atoms with Crippen LogP contribution in [0.15, 0.2) is 42.6 Å². The summed E-state index contributed by atoms with van der Waals surface area (Å²) in [5.74, 6) is -0.865. The lowest BCUT2D eigenvalue weighted by Crippen LogP contribution is -2.44. The minimum absolute atomic E-state index is 0.0196. The highest BCUT2D eigenvalue weighted by Crippen LogP contribution is 2.08. The number of hydrogen-bond donors (Lipinski definition) is 3. The maximum Gasteiger partial charge on any atom is 0.315 e. The molecule has 25 heavy (non-hydrogen) atoms. The van der Waals surface area contributed by atoms with E-state index in [1.165, 1.54) is 0 Å². The van der Waals surface area contributed by atoms with Gasteiger partial charge in [0.05, 0.1) is 5.69 Å². The number of aryl methyl sites for hydroxylation is 1. The van der Waals surface area contributed by atoms with Crippen LogP contribution in [0, 0.1) is 0 Å². The maximum atomic E-state index is 12.1. The number of urea groups is 1. The standard InChI is InChI=1S/C18H24N4O3/c1-22-12-10-15(21-22)9-11-19-18(25)20-16(7-8-17(23)24)13-14-5-3-2-4-6-14/h2-6,10,12,16H,7-9,11,13H2,1H3,(H,23,24)(H2,19,20,25). The zero-order valence-corrected chi connectivity index (χ0v) is 14.3. The summed E-state index contributed by atoms with van der Waals surface area (Å²) in [6, 6.07) is 11.1. The second-order valence-corrected chi connectivity index (χ2v) is 5.95. The minimum Gasteiger partial charge on any atom is -0.481 e. The van der Waals surface area contributed by atoms with Crippen LogP contribution in [0.3, 0.4) is 0 Å². The molecular weight excluding hydrogens is 320 g/mol. The SMILES string of the molecule is Cn1ccc(CCNC(=O)NC(CCC(=O)O)Cc2ccccc2)n1. The number of nitrogens with one attached hydrogen (secondary N) is 2. The van der Waals surface area contributed by atoms with Gasteiger partial charge in [0.2, 0.25) is 0 Å². The molecule has 134 valence electrons. The topological polar surface area (TPSA) is 96.2 Å². The molecule has 0 saturated heterocycles. The molecule has 7 nitrogen and oxygen atoms in total. The summed E-state index contributed by atoms with van der Waals surface area (Å²) in [5, 5.41) is 18.8. The lowest BCUT2D eigenvalue weighted by Gasteiger charge is -2.18. The van der Waals surface area contributed by atoms with Gasteiger partial charge in [-0.2, -0.15) is 5.10 Å². The van der Waals surface area contributed by atoms with Gasteiger partial charge in [0.25, 0.3) is 0 Å². The second-order valence-electron chi connectivity index (χ2n) is 5.95. The van der Waals surface area contributed by atoms with E-state index in [0.717, 1.165) is 11.3 Å². The summed E-state index contributed by atoms with van der Waals surface area (Å²) in [4.78, 5) is 22.9. The number of carboxylic acids is 1. The predicted octanol–water partition coefficient (Wildman–Crippen LogP) is 1.74. The molecule has 0 aliphatic carbocycles. The smallest absolute Gasteiger partial charge is 0.315 e. The van der Waals surface area contributed by atoms with E-state index >= 15 is 0 Å². The number of nitrogens with zero attached hydrogens (tertiary/aromatic N) is 2. The summed E-state index contributed by atoms with van der Waals surface area (Å²) >= 11 is 0. The number of hydrogen-bond acceptors (Lipinski definition) is 3. The molecule has 7 heteroatoms. The number of amides is 2. The highest BCUT2D eigenvalue weighted by Gasteiger charge is 2.14. The van der Waals surface area contributed by atoms with Crippen molar-refractivity contribution in [1.82, 2.24) is 20.4 Å². The van der Waals surface area contributed by atoms with Crippen LogP contribution >= 0.6 is 0 Å². The predicted molar refractivity (Wildman–Crippen MR) is 94.3 cm³/mol. The molecule has 2 rings (SSSR count). The van der Waals surface area contributed by atoms with E-state index < -0.39 is 5.97 Å². The van der Waals surface area contributed by atoms with Crippen molar-refractivity contribution in [2.24, 2.45) is 7.05 Å². The van der Waals surface area contributed by atoms with E-state index in [-0.39, 0.29) is 18.5 Å². The van der Waals surface area contributed by atoms with Crippen LogP contribution in [-0.2, 0) is 24.7 Å². The van der Waals surface area contributed by atoms with Gasteiger partial charge in [-0.05, 0) is 24.5 Å². The molecule has 2 amide bonds. The molecule has 0 aliphatic rings. The fourth-order valence-corrected chi connectivity index (χ4v) is 2.56. The van der Waals surface area contributed by atoms with E-state index in [1.807, 2.05) is 49.6 Å². The highest BCUT2D eigenvalue weighted by atomic mass is 16.4. The Hall–Kier alpha value is -2.83. The Balaban J connectivity index is 1.81. The number of aromatic nitrogens is 2. The van der Waals surface area contributed by atoms with Gasteiger partial charge in [0.1, 0.15) is 0 Å². The van der Waals surface area contributed by atoms with Gasteiger partial charge >= 0.3 is 12.0 Å². The Bertz CT molecular complexity index is 685. The quantitative estimate of drug-likeness (QED) is 0.645. The molecule has 1 atom stereocenters. The summed E-state index contributed by atoms with van der Waals surface area (Å²) < 4.78 is 1.72. The molecule has 3 N–H and O–H groups in total. The average molecular weight is 344 g/mol. The first-order valence-corrected chi connectivity index (χ1v) is 8.31. The fraction of sp³-hybridized carbons (Fsp3) is 0.389. The monoisotopic (exact) mass is 344 g/mol. The largest absolute Gasteiger partial charge is 0.481 e. The van der Waals surface area contributed by atoms with Crippen LogP contribution in [0.2, 0.25) is 0 Å². The van der Waals surface area contributed by atoms with Gasteiger partial charge in [-0.25, -0.2) is 4.79 Å². The fourth-order valence-electron chi connectivity index (χ4n) is 2.56. The van der Waals surface area contributed by atoms with Crippen molar-refractivity contribution in [3.63, 3.8) is 0 Å². The van der Waals surface area contributed by atoms with Gasteiger partial charge in [-0.1, -0.05) is 30.3 Å². The number of benzene rings is 1. The van der Waals surface area contributed by atoms with Gasteiger partial charge in [-0.3, -0.25) is 9.48 Å². The lowest BCUT2D eigenvalue weighted by atomic mass is 10.0. The van der Waals surface area contributed by atoms with Crippen LogP contribution in [0.4, 0.5) is 4.79 Å². The number of carbonyl (C=O) groups is 2. The minimum atomic E-state index is -0.865. The Morgan fingerprint density at radius 1 is 1.24 bits per heavy atom. The van der Waals surface area contributed by atoms with Gasteiger partial charge in [0.15, 0.2) is 0 Å². The summed E-state index contributed by atoms with van der Waals surface area (Å²) in [6.45, 7) is 0.472. The molecule has 0 aliphatic heterocycles. The molecule has 1 aromatic heterocycles. The van der Waals surface area contributed by atoms with Crippen LogP contribution in [-0.4, -0.2) is 39.5 Å². The average Bonchev–Trinajstić information content (AvgIpc) is 2.99. The summed E-state index contributed by atoms with van der Waals surface area (Å²) in [7, 11) is 1.85. The first-order chi connectivity index (χ1) is 12.0. The van der Waals surface area contributed by atoms with Crippen molar-refractivity contribution in [3.8, 4) is 0 Å². The van der Waals surface area contributed by atoms with Crippen molar-refractivity contribution in [3.05, 3.63) is 53.9 Å². The van der Waals surface area contributed by atoms with E-state index in [2.05, 4.69) is 15.7 Å². The van der Waals surface area contributed by atoms with E-state index in [0.29, 0.717) is 25.8 Å². The third-order valence-electron chi connectivity index (χ3n) is 3.80. The molecule has 0 saturated carbocycles. The molecule has 2 aromatic rings. The normalized spacial score (nSPS) is 11.7. The summed E-state index contributed by atoms with van der Waals surface area (Å²) in [6.07, 6.45) is 3.51. The van der Waals surface area contributed by atoms with Crippen LogP contribution in [0.25, 0.3) is 0 Å². The second kappa shape index (κ2) is 9.46. The van der Waals surface area contributed by atoms with Gasteiger partial charge in [0, 0.05) is 38.7 Å². The molecule has 1 aromatic carbocycles. The number of rotatable bonds is 9. The van der Waals surface area contributed by atoms with Crippen LogP contribution in [0.1, 0.15) is 24.1 Å². The third kappa shape index (κ3) is 7.07. The Morgan fingerprint density at radius 3 is 2.64 bits per heavy atom. The first kappa shape index (κ1) is 18.5. The zero-order valence-electron chi connectivity index (χ0n) is 14.3. The van der Waals surface area contributed by atoms with Crippen molar-refractivity contribution < 1.29 is 14.7 Å². The number of carbonyl (C=O) groups excluding carboxylic acids is 1.